The van der Waals surface area contributed by atoms with Gasteiger partial charge in [0.1, 0.15) is 23.4 Å². The minimum Gasteiger partial charge on any atom is -0.477 e. The van der Waals surface area contributed by atoms with E-state index < -0.39 is 40.9 Å². The quantitative estimate of drug-likeness (QED) is 0.422. The molecule has 4 rings (SSSR count). The summed E-state index contributed by atoms with van der Waals surface area (Å²) in [5.74, 6) is -1.01. The first-order chi connectivity index (χ1) is 15.6. The molecule has 0 bridgehead atoms. The number of hydrogen-bond acceptors (Lipinski definition) is 7. The number of benzene rings is 1. The minimum absolute atomic E-state index is 0.155. The highest BCUT2D eigenvalue weighted by Gasteiger charge is 2.54. The van der Waals surface area contributed by atoms with Gasteiger partial charge < -0.3 is 14.8 Å². The summed E-state index contributed by atoms with van der Waals surface area (Å²) in [6, 6.07) is 6.44. The van der Waals surface area contributed by atoms with Crippen molar-refractivity contribution in [1.82, 2.24) is 15.2 Å². The molecule has 0 spiro atoms. The number of thioether (sulfide) groups is 2. The zero-order valence-electron chi connectivity index (χ0n) is 16.7. The number of halogens is 3. The van der Waals surface area contributed by atoms with Crippen LogP contribution in [0.15, 0.2) is 56.6 Å². The van der Waals surface area contributed by atoms with Crippen molar-refractivity contribution >= 4 is 52.6 Å². The number of hydrogen-bond donors (Lipinski definition) is 2. The van der Waals surface area contributed by atoms with Gasteiger partial charge >= 0.3 is 12.1 Å². The van der Waals surface area contributed by atoms with Crippen LogP contribution < -0.4 is 5.32 Å². The van der Waals surface area contributed by atoms with E-state index in [-0.39, 0.29) is 5.70 Å². The van der Waals surface area contributed by atoms with Crippen molar-refractivity contribution in [1.29, 1.82) is 0 Å². The Balaban J connectivity index is 1.46. The zero-order chi connectivity index (χ0) is 23.8. The fourth-order valence-corrected chi connectivity index (χ4v) is 6.17. The Bertz CT molecular complexity index is 1100. The number of fused-ring (bicyclic) bond motifs is 1. The van der Waals surface area contributed by atoms with Crippen molar-refractivity contribution in [2.45, 2.75) is 35.3 Å². The van der Waals surface area contributed by atoms with Crippen LogP contribution in [0, 0.1) is 0 Å². The second kappa shape index (κ2) is 9.39. The molecule has 1 fully saturated rings. The van der Waals surface area contributed by atoms with E-state index in [0.717, 1.165) is 15.4 Å². The van der Waals surface area contributed by atoms with Crippen LogP contribution in [0.1, 0.15) is 17.9 Å². The maximum atomic E-state index is 12.6. The summed E-state index contributed by atoms with van der Waals surface area (Å²) in [7, 11) is 0. The highest BCUT2D eigenvalue weighted by molar-refractivity contribution is 8.06. The van der Waals surface area contributed by atoms with Crippen LogP contribution in [0.2, 0.25) is 0 Å². The fourth-order valence-electron chi connectivity index (χ4n) is 3.41. The number of carbonyl (C=O) groups excluding carboxylic acids is 1. The van der Waals surface area contributed by atoms with Crippen LogP contribution in [-0.2, 0) is 16.0 Å². The predicted octanol–water partition coefficient (Wildman–Crippen LogP) is 3.81. The highest BCUT2D eigenvalue weighted by Crippen LogP contribution is 2.45. The molecule has 2 aliphatic heterocycles. The smallest absolute Gasteiger partial charge is 0.395 e. The number of thiocarbonyl (C=S) groups is 1. The molecule has 174 valence electrons. The molecule has 1 saturated heterocycles. The molecule has 1 amide bonds. The van der Waals surface area contributed by atoms with Gasteiger partial charge in [-0.1, -0.05) is 36.1 Å². The van der Waals surface area contributed by atoms with E-state index in [4.69, 9.17) is 16.6 Å². The highest BCUT2D eigenvalue weighted by atomic mass is 32.2. The lowest BCUT2D eigenvalue weighted by Gasteiger charge is -2.49. The van der Waals surface area contributed by atoms with Crippen molar-refractivity contribution < 1.29 is 32.3 Å². The maximum Gasteiger partial charge on any atom is 0.395 e. The lowest BCUT2D eigenvalue weighted by molar-refractivity contribution is -0.148. The number of rotatable bonds is 7. The molecule has 3 heterocycles. The second-order valence-electron chi connectivity index (χ2n) is 7.17. The molecule has 0 saturated carbocycles. The van der Waals surface area contributed by atoms with Gasteiger partial charge in [0.15, 0.2) is 5.89 Å². The number of aromatic nitrogens is 1. The van der Waals surface area contributed by atoms with E-state index in [9.17, 15) is 27.9 Å². The monoisotopic (exact) mass is 515 g/mol. The van der Waals surface area contributed by atoms with E-state index in [0.29, 0.717) is 23.0 Å². The molecule has 1 aromatic carbocycles. The van der Waals surface area contributed by atoms with Crippen molar-refractivity contribution in [3.63, 3.8) is 0 Å². The first-order valence-corrected chi connectivity index (χ1v) is 11.8. The average molecular weight is 516 g/mol. The van der Waals surface area contributed by atoms with Crippen LogP contribution in [-0.4, -0.2) is 55.2 Å². The second-order valence-corrected chi connectivity index (χ2v) is 9.94. The summed E-state index contributed by atoms with van der Waals surface area (Å²) in [6.45, 7) is 0. The Labute approximate surface area is 199 Å². The Morgan fingerprint density at radius 2 is 2.09 bits per heavy atom. The van der Waals surface area contributed by atoms with Gasteiger partial charge in [0.05, 0.1) is 17.6 Å². The molecule has 2 aliphatic rings. The fraction of sp³-hybridized carbons (Fsp3) is 0.300. The van der Waals surface area contributed by atoms with Crippen molar-refractivity contribution in [2.24, 2.45) is 0 Å². The van der Waals surface area contributed by atoms with Gasteiger partial charge in [0.2, 0.25) is 0 Å². The van der Waals surface area contributed by atoms with E-state index >= 15 is 0 Å². The summed E-state index contributed by atoms with van der Waals surface area (Å²) in [4.78, 5) is 30.5. The summed E-state index contributed by atoms with van der Waals surface area (Å²) < 4.78 is 42.8. The molecule has 2 atom stereocenters. The number of alkyl halides is 3. The van der Waals surface area contributed by atoms with Gasteiger partial charge in [-0.05, 0) is 17.7 Å². The van der Waals surface area contributed by atoms with E-state index in [1.54, 1.807) is 6.20 Å². The first kappa shape index (κ1) is 23.6. The van der Waals surface area contributed by atoms with Crippen molar-refractivity contribution in [3.05, 3.63) is 58.8 Å². The minimum atomic E-state index is -4.49. The van der Waals surface area contributed by atoms with Crippen LogP contribution in [0.5, 0.6) is 0 Å². The Morgan fingerprint density at radius 3 is 2.70 bits per heavy atom. The Kier molecular flexibility index (Phi) is 6.73. The number of oxazole rings is 1. The summed E-state index contributed by atoms with van der Waals surface area (Å²) in [5, 5.41) is 11.5. The lowest BCUT2D eigenvalue weighted by atomic mass is 10.0. The molecule has 0 radical (unpaired) electrons. The molecule has 0 unspecified atom stereocenters. The number of nitrogens with one attached hydrogen (secondary N) is 1. The third kappa shape index (κ3) is 5.36. The number of nitrogens with zero attached hydrogens (tertiary/aromatic N) is 2. The van der Waals surface area contributed by atoms with Gasteiger partial charge in [-0.2, -0.15) is 13.2 Å². The predicted molar refractivity (Wildman–Crippen MR) is 120 cm³/mol. The van der Waals surface area contributed by atoms with Crippen LogP contribution in [0.25, 0.3) is 0 Å². The molecule has 33 heavy (non-hydrogen) atoms. The molecule has 0 aliphatic carbocycles. The molecule has 7 nitrogen and oxygen atoms in total. The number of carboxylic acids is 1. The molecular weight excluding hydrogens is 499 g/mol. The number of carboxylic acid groups (broad SMARTS) is 1. The van der Waals surface area contributed by atoms with Gasteiger partial charge in [-0.25, -0.2) is 9.78 Å². The number of amides is 1. The molecular formula is C20H16F3N3O4S3. The summed E-state index contributed by atoms with van der Waals surface area (Å²) >= 11 is 7.22. The van der Waals surface area contributed by atoms with Crippen LogP contribution in [0.4, 0.5) is 13.2 Å². The zero-order valence-corrected chi connectivity index (χ0v) is 19.1. The van der Waals surface area contributed by atoms with Gasteiger partial charge in [-0.15, -0.1) is 11.8 Å². The Hall–Kier alpha value is -2.51. The molecule has 2 aromatic rings. The molecule has 1 aromatic heterocycles. The SMILES string of the molecule is O=C(O)C1=C(Sc2ccc(Cc3ncco3)cc2)CS[C@@H]2[C@H](NC(=S)CC(F)(F)F)C(=O)N12. The van der Waals surface area contributed by atoms with Crippen molar-refractivity contribution in [3.8, 4) is 0 Å². The van der Waals surface area contributed by atoms with Gasteiger partial charge in [0, 0.05) is 22.0 Å². The summed E-state index contributed by atoms with van der Waals surface area (Å²) in [5.41, 5.74) is 0.811. The lowest BCUT2D eigenvalue weighted by Crippen LogP contribution is -2.70. The third-order valence-corrected chi connectivity index (χ3v) is 7.63. The molecule has 2 N–H and O–H groups in total. The maximum absolute atomic E-state index is 12.6. The number of carbonyl (C=O) groups is 2. The van der Waals surface area contributed by atoms with Gasteiger partial charge in [0.25, 0.3) is 5.91 Å². The normalized spacial score (nSPS) is 20.3. The topological polar surface area (TPSA) is 95.7 Å². The van der Waals surface area contributed by atoms with E-state index in [2.05, 4.69) is 10.3 Å². The van der Waals surface area contributed by atoms with Crippen molar-refractivity contribution in [2.75, 3.05) is 5.75 Å². The van der Waals surface area contributed by atoms with E-state index in [1.165, 1.54) is 29.8 Å². The summed E-state index contributed by atoms with van der Waals surface area (Å²) in [6.07, 6.45) is -2.25. The van der Waals surface area contributed by atoms with Gasteiger partial charge in [-0.3, -0.25) is 9.69 Å². The third-order valence-electron chi connectivity index (χ3n) is 4.82. The number of aliphatic carboxylic acids is 1. The average Bonchev–Trinajstić information content (AvgIpc) is 3.24. The van der Waals surface area contributed by atoms with E-state index in [1.807, 2.05) is 24.3 Å². The standard InChI is InChI=1S/C20H16F3N3O4S3/c21-20(22,23)8-14(31)25-15-17(27)26-16(19(28)29)12(9-32-18(15)26)33-11-3-1-10(2-4-11)7-13-24-5-6-30-13/h1-6,15,18H,7-9H2,(H,25,31)(H,28,29)/t15-,18-/m1/s1. The Morgan fingerprint density at radius 1 is 1.36 bits per heavy atom. The molecule has 13 heteroatoms. The first-order valence-electron chi connectivity index (χ1n) is 9.55. The number of β-lactam (4-membered cyclic amide) rings is 1. The van der Waals surface area contributed by atoms with Crippen LogP contribution >= 0.6 is 35.7 Å². The van der Waals surface area contributed by atoms with Crippen LogP contribution in [0.3, 0.4) is 0 Å². The largest absolute Gasteiger partial charge is 0.477 e.